The number of carbonyl (C=O) groups is 2. The Bertz CT molecular complexity index is 1770. The van der Waals surface area contributed by atoms with Crippen molar-refractivity contribution >= 4 is 44.9 Å². The molecule has 0 unspecified atom stereocenters. The first kappa shape index (κ1) is 33.4. The number of amides is 1. The molecule has 246 valence electrons. The molecular formula is C32H38ClN5O7S. The maximum Gasteiger partial charge on any atom is 0.316 e. The van der Waals surface area contributed by atoms with E-state index in [-0.39, 0.29) is 49.1 Å². The van der Waals surface area contributed by atoms with Gasteiger partial charge in [0, 0.05) is 56.2 Å². The van der Waals surface area contributed by atoms with Gasteiger partial charge in [0.25, 0.3) is 0 Å². The van der Waals surface area contributed by atoms with Crippen LogP contribution in [-0.2, 0) is 30.1 Å². The number of rotatable bonds is 12. The molecule has 0 radical (unpaired) electrons. The van der Waals surface area contributed by atoms with Gasteiger partial charge in [0.15, 0.2) is 0 Å². The smallest absolute Gasteiger partial charge is 0.316 e. The van der Waals surface area contributed by atoms with Gasteiger partial charge in [-0.05, 0) is 48.7 Å². The molecule has 1 saturated carbocycles. The lowest BCUT2D eigenvalue weighted by atomic mass is 10.2. The van der Waals surface area contributed by atoms with Crippen molar-refractivity contribution in [2.45, 2.75) is 39.4 Å². The predicted molar refractivity (Wildman–Crippen MR) is 175 cm³/mol. The molecule has 2 heterocycles. The first-order valence-corrected chi connectivity index (χ1v) is 17.1. The molecule has 3 aromatic rings. The van der Waals surface area contributed by atoms with E-state index in [1.54, 1.807) is 54.7 Å². The second-order valence-electron chi connectivity index (χ2n) is 12.0. The first-order chi connectivity index (χ1) is 21.8. The highest BCUT2D eigenvalue weighted by molar-refractivity contribution is 7.88. The summed E-state index contributed by atoms with van der Waals surface area (Å²) in [5.74, 6) is -0.772. The molecular weight excluding hydrogens is 634 g/mol. The third kappa shape index (κ3) is 8.06. The minimum absolute atomic E-state index is 0.0269. The van der Waals surface area contributed by atoms with Crippen molar-refractivity contribution in [1.29, 1.82) is 0 Å². The number of hydrogen-bond donors (Lipinski definition) is 0. The van der Waals surface area contributed by atoms with E-state index >= 15 is 0 Å². The van der Waals surface area contributed by atoms with Crippen LogP contribution < -0.4 is 20.1 Å². The third-order valence-corrected chi connectivity index (χ3v) is 10.3. The Hall–Kier alpha value is -3.94. The van der Waals surface area contributed by atoms with E-state index in [0.29, 0.717) is 47.3 Å². The highest BCUT2D eigenvalue weighted by atomic mass is 35.5. The molecule has 2 aliphatic rings. The van der Waals surface area contributed by atoms with Crippen LogP contribution >= 0.6 is 11.6 Å². The largest absolute Gasteiger partial charge is 0.486 e. The summed E-state index contributed by atoms with van der Waals surface area (Å²) in [5.41, 5.74) is 1.70. The maximum absolute atomic E-state index is 13.7. The number of aromatic nitrogens is 2. The number of halogens is 1. The summed E-state index contributed by atoms with van der Waals surface area (Å²) in [6, 6.07) is 13.6. The number of anilines is 2. The van der Waals surface area contributed by atoms with Crippen molar-refractivity contribution in [2.24, 2.45) is 5.41 Å². The Balaban J connectivity index is 1.30. The van der Waals surface area contributed by atoms with Crippen molar-refractivity contribution in [3.63, 3.8) is 0 Å². The summed E-state index contributed by atoms with van der Waals surface area (Å²) >= 11 is 6.17. The Morgan fingerprint density at radius 3 is 2.41 bits per heavy atom. The third-order valence-electron chi connectivity index (χ3n) is 8.18. The fourth-order valence-corrected chi connectivity index (χ4v) is 6.95. The van der Waals surface area contributed by atoms with E-state index in [0.717, 1.165) is 12.8 Å². The molecule has 1 saturated heterocycles. The Morgan fingerprint density at radius 1 is 1.04 bits per heavy atom. The van der Waals surface area contributed by atoms with Gasteiger partial charge in [0.1, 0.15) is 12.3 Å². The Kier molecular flexibility index (Phi) is 10.0. The molecule has 2 aromatic carbocycles. The lowest BCUT2D eigenvalue weighted by Crippen LogP contribution is -2.49. The number of esters is 1. The van der Waals surface area contributed by atoms with E-state index in [1.807, 2.05) is 4.90 Å². The van der Waals surface area contributed by atoms with Crippen LogP contribution in [0.4, 0.5) is 11.4 Å². The summed E-state index contributed by atoms with van der Waals surface area (Å²) in [7, 11) is -3.71. The van der Waals surface area contributed by atoms with Crippen molar-refractivity contribution in [3.8, 4) is 11.4 Å². The molecule has 0 N–H and O–H groups in total. The lowest BCUT2D eigenvalue weighted by Gasteiger charge is -2.35. The van der Waals surface area contributed by atoms with Crippen LogP contribution in [0.2, 0.25) is 5.02 Å². The molecule has 12 nitrogen and oxygen atoms in total. The number of carbonyl (C=O) groups excluding carboxylic acids is 2. The van der Waals surface area contributed by atoms with E-state index in [1.165, 1.54) is 27.7 Å². The van der Waals surface area contributed by atoms with Gasteiger partial charge in [0.05, 0.1) is 30.8 Å². The molecule has 1 aromatic heterocycles. The number of hydrogen-bond acceptors (Lipinski definition) is 9. The van der Waals surface area contributed by atoms with Crippen LogP contribution in [0.3, 0.4) is 0 Å². The summed E-state index contributed by atoms with van der Waals surface area (Å²) in [4.78, 5) is 40.4. The van der Waals surface area contributed by atoms with Gasteiger partial charge in [-0.3, -0.25) is 14.4 Å². The Labute approximate surface area is 273 Å². The van der Waals surface area contributed by atoms with Gasteiger partial charge >= 0.3 is 11.5 Å². The van der Waals surface area contributed by atoms with E-state index < -0.39 is 21.6 Å². The van der Waals surface area contributed by atoms with Crippen molar-refractivity contribution in [2.75, 3.05) is 55.7 Å². The van der Waals surface area contributed by atoms with Gasteiger partial charge < -0.3 is 19.3 Å². The first-order valence-electron chi connectivity index (χ1n) is 15.1. The zero-order valence-electron chi connectivity index (χ0n) is 26.1. The molecule has 0 spiro atoms. The van der Waals surface area contributed by atoms with E-state index in [2.05, 4.69) is 12.0 Å². The van der Waals surface area contributed by atoms with Gasteiger partial charge in [-0.25, -0.2) is 8.42 Å². The van der Waals surface area contributed by atoms with E-state index in [4.69, 9.17) is 21.1 Å². The molecule has 2 fully saturated rings. The molecule has 1 amide bonds. The molecule has 1 aliphatic heterocycles. The van der Waals surface area contributed by atoms with Crippen molar-refractivity contribution < 1.29 is 27.5 Å². The average molecular weight is 672 g/mol. The van der Waals surface area contributed by atoms with Gasteiger partial charge in [-0.15, -0.1) is 0 Å². The highest BCUT2D eigenvalue weighted by Crippen LogP contribution is 2.45. The van der Waals surface area contributed by atoms with Crippen molar-refractivity contribution in [1.82, 2.24) is 14.1 Å². The topological polar surface area (TPSA) is 131 Å². The van der Waals surface area contributed by atoms with Crippen LogP contribution in [-0.4, -0.2) is 80.3 Å². The summed E-state index contributed by atoms with van der Waals surface area (Å²) in [5, 5.41) is 4.89. The average Bonchev–Trinajstić information content (AvgIpc) is 3.75. The van der Waals surface area contributed by atoms with Gasteiger partial charge in [-0.2, -0.15) is 14.1 Å². The van der Waals surface area contributed by atoms with Gasteiger partial charge in [-0.1, -0.05) is 36.7 Å². The minimum Gasteiger partial charge on any atom is -0.486 e. The zero-order valence-corrected chi connectivity index (χ0v) is 27.7. The summed E-state index contributed by atoms with van der Waals surface area (Å²) in [6.45, 7) is 6.46. The van der Waals surface area contributed by atoms with Crippen LogP contribution in [0.15, 0.2) is 59.5 Å². The lowest BCUT2D eigenvalue weighted by molar-refractivity contribution is -0.140. The minimum atomic E-state index is -3.71. The highest BCUT2D eigenvalue weighted by Gasteiger charge is 2.39. The predicted octanol–water partition coefficient (Wildman–Crippen LogP) is 3.63. The monoisotopic (exact) mass is 671 g/mol. The Morgan fingerprint density at radius 2 is 1.76 bits per heavy atom. The SMILES string of the molecule is CC(=O)OCCN(C(C)=O)c1cccc(CS(=O)(=O)N2CCN(c3cnn(-c4cccc(Cl)c4)c(=O)c3OCC3(C)CC3)CC2)c1. The van der Waals surface area contributed by atoms with Crippen LogP contribution in [0.5, 0.6) is 5.75 Å². The van der Waals surface area contributed by atoms with E-state index in [9.17, 15) is 22.8 Å². The fourth-order valence-electron chi connectivity index (χ4n) is 5.26. The summed E-state index contributed by atoms with van der Waals surface area (Å²) < 4.78 is 40.8. The number of ether oxygens (including phenoxy) is 2. The van der Waals surface area contributed by atoms with Crippen LogP contribution in [0.25, 0.3) is 5.69 Å². The second kappa shape index (κ2) is 13.8. The zero-order chi connectivity index (χ0) is 33.1. The molecule has 0 atom stereocenters. The van der Waals surface area contributed by atoms with Gasteiger partial charge in [0.2, 0.25) is 21.7 Å². The molecule has 5 rings (SSSR count). The molecule has 46 heavy (non-hydrogen) atoms. The molecule has 14 heteroatoms. The molecule has 0 bridgehead atoms. The van der Waals surface area contributed by atoms with Crippen LogP contribution in [0, 0.1) is 5.41 Å². The number of benzene rings is 2. The normalized spacial score (nSPS) is 16.1. The number of nitrogens with zero attached hydrogens (tertiary/aromatic N) is 5. The number of sulfonamides is 1. The fraction of sp³-hybridized carbons (Fsp3) is 0.438. The molecule has 1 aliphatic carbocycles. The summed E-state index contributed by atoms with van der Waals surface area (Å²) in [6.07, 6.45) is 3.64. The quantitative estimate of drug-likeness (QED) is 0.265. The second-order valence-corrected chi connectivity index (χ2v) is 14.4. The standard InChI is InChI=1S/C32H38ClN5O7S/c1-23(39)37(16-17-44-24(2)40)27-8-4-6-25(18-27)21-46(42,43)36-14-12-35(13-15-36)29-20-34-38(28-9-5-7-26(33)19-28)31(41)30(29)45-22-32(3)10-11-32/h4-9,18-20H,10-17,21-22H2,1-3H3. The maximum atomic E-state index is 13.7. The van der Waals surface area contributed by atoms with Crippen LogP contribution in [0.1, 0.15) is 39.2 Å². The van der Waals surface area contributed by atoms with Crippen molar-refractivity contribution in [3.05, 3.63) is 75.7 Å². The number of piperazine rings is 1.